The van der Waals surface area contributed by atoms with Crippen LogP contribution in [0.4, 0.5) is 0 Å². The van der Waals surface area contributed by atoms with E-state index in [0.717, 1.165) is 17.4 Å². The number of benzene rings is 2. The van der Waals surface area contributed by atoms with Gasteiger partial charge in [0.1, 0.15) is 6.07 Å². The van der Waals surface area contributed by atoms with Crippen molar-refractivity contribution >= 4 is 21.4 Å². The number of fused-ring (bicyclic) bond motifs is 5. The monoisotopic (exact) mass is 247 g/mol. The molecule has 4 rings (SSSR count). The molecule has 1 heterocycles. The van der Waals surface area contributed by atoms with Gasteiger partial charge in [0.05, 0.1) is 5.56 Å². The van der Waals surface area contributed by atoms with Gasteiger partial charge in [-0.2, -0.15) is 5.26 Å². The Morgan fingerprint density at radius 2 is 1.94 bits per heavy atom. The van der Waals surface area contributed by atoms with Crippen LogP contribution in [-0.4, -0.2) is 0 Å². The van der Waals surface area contributed by atoms with Crippen LogP contribution in [-0.2, 0) is 6.42 Å². The van der Waals surface area contributed by atoms with Crippen molar-refractivity contribution in [2.45, 2.75) is 6.42 Å². The highest BCUT2D eigenvalue weighted by Crippen LogP contribution is 2.43. The van der Waals surface area contributed by atoms with Crippen LogP contribution in [0.25, 0.3) is 21.2 Å². The average Bonchev–Trinajstić information content (AvgIpc) is 2.98. The molecule has 18 heavy (non-hydrogen) atoms. The maximum Gasteiger partial charge on any atom is 0.101 e. The number of nitrogens with zero attached hydrogens (tertiary/aromatic N) is 1. The Morgan fingerprint density at radius 1 is 1.06 bits per heavy atom. The zero-order valence-corrected chi connectivity index (χ0v) is 10.4. The standard InChI is InChI=1S/C16H9NS/c17-8-12-9-18-14-6-5-11-7-10-3-1-2-4-13(10)15(11)16(12)14/h1-6,9H,7H2. The lowest BCUT2D eigenvalue weighted by Gasteiger charge is -2.03. The van der Waals surface area contributed by atoms with Crippen LogP contribution in [0.2, 0.25) is 0 Å². The zero-order chi connectivity index (χ0) is 12.1. The van der Waals surface area contributed by atoms with Gasteiger partial charge in [-0.25, -0.2) is 0 Å². The molecule has 0 unspecified atom stereocenters. The second-order valence-corrected chi connectivity index (χ2v) is 5.48. The third kappa shape index (κ3) is 1.15. The lowest BCUT2D eigenvalue weighted by molar-refractivity contribution is 1.27. The fraction of sp³-hybridized carbons (Fsp3) is 0.0625. The molecule has 1 aliphatic rings. The van der Waals surface area contributed by atoms with Gasteiger partial charge >= 0.3 is 0 Å². The second kappa shape index (κ2) is 3.44. The van der Waals surface area contributed by atoms with Crippen molar-refractivity contribution in [3.05, 3.63) is 58.5 Å². The Bertz CT molecular complexity index is 821. The van der Waals surface area contributed by atoms with E-state index in [1.807, 2.05) is 5.38 Å². The molecule has 0 amide bonds. The first-order valence-electron chi connectivity index (χ1n) is 5.90. The number of hydrogen-bond donors (Lipinski definition) is 0. The van der Waals surface area contributed by atoms with Gasteiger partial charge in [-0.05, 0) is 34.7 Å². The summed E-state index contributed by atoms with van der Waals surface area (Å²) in [4.78, 5) is 0. The minimum absolute atomic E-state index is 0.809. The Morgan fingerprint density at radius 3 is 2.83 bits per heavy atom. The van der Waals surface area contributed by atoms with E-state index < -0.39 is 0 Å². The summed E-state index contributed by atoms with van der Waals surface area (Å²) in [6.07, 6.45) is 0.988. The lowest BCUT2D eigenvalue weighted by atomic mass is 10.00. The van der Waals surface area contributed by atoms with Crippen molar-refractivity contribution in [2.24, 2.45) is 0 Å². The van der Waals surface area contributed by atoms with Crippen LogP contribution >= 0.6 is 11.3 Å². The van der Waals surface area contributed by atoms with Crippen LogP contribution in [0.15, 0.2) is 41.8 Å². The molecule has 0 aliphatic heterocycles. The van der Waals surface area contributed by atoms with Gasteiger partial charge in [0.15, 0.2) is 0 Å². The van der Waals surface area contributed by atoms with Crippen LogP contribution in [0.5, 0.6) is 0 Å². The van der Waals surface area contributed by atoms with E-state index in [1.165, 1.54) is 27.0 Å². The lowest BCUT2D eigenvalue weighted by Crippen LogP contribution is -1.81. The zero-order valence-electron chi connectivity index (χ0n) is 9.60. The maximum absolute atomic E-state index is 9.26. The molecule has 0 saturated heterocycles. The topological polar surface area (TPSA) is 23.8 Å². The number of nitriles is 1. The van der Waals surface area contributed by atoms with Crippen LogP contribution in [0.1, 0.15) is 16.7 Å². The van der Waals surface area contributed by atoms with Crippen molar-refractivity contribution in [3.63, 3.8) is 0 Å². The summed E-state index contributed by atoms with van der Waals surface area (Å²) in [6, 6.07) is 15.2. The van der Waals surface area contributed by atoms with Crippen molar-refractivity contribution in [2.75, 3.05) is 0 Å². The van der Waals surface area contributed by atoms with E-state index in [1.54, 1.807) is 11.3 Å². The van der Waals surface area contributed by atoms with Gasteiger partial charge in [0.2, 0.25) is 0 Å². The summed E-state index contributed by atoms with van der Waals surface area (Å²) in [6.45, 7) is 0. The summed E-state index contributed by atoms with van der Waals surface area (Å²) >= 11 is 1.66. The highest BCUT2D eigenvalue weighted by molar-refractivity contribution is 7.17. The first kappa shape index (κ1) is 9.87. The minimum Gasteiger partial charge on any atom is -0.192 e. The van der Waals surface area contributed by atoms with Gasteiger partial charge in [0, 0.05) is 15.5 Å². The van der Waals surface area contributed by atoms with Gasteiger partial charge in [-0.1, -0.05) is 30.3 Å². The molecular weight excluding hydrogens is 238 g/mol. The smallest absolute Gasteiger partial charge is 0.101 e. The minimum atomic E-state index is 0.809. The van der Waals surface area contributed by atoms with Gasteiger partial charge in [-0.15, -0.1) is 11.3 Å². The molecule has 1 aromatic heterocycles. The highest BCUT2D eigenvalue weighted by Gasteiger charge is 2.22. The fourth-order valence-electron chi connectivity index (χ4n) is 2.83. The predicted molar refractivity (Wildman–Crippen MR) is 74.8 cm³/mol. The summed E-state index contributed by atoms with van der Waals surface area (Å²) in [5.74, 6) is 0. The van der Waals surface area contributed by atoms with E-state index in [4.69, 9.17) is 0 Å². The number of thiophene rings is 1. The first-order chi connectivity index (χ1) is 8.88. The molecule has 84 valence electrons. The maximum atomic E-state index is 9.26. The van der Waals surface area contributed by atoms with Crippen LogP contribution < -0.4 is 0 Å². The van der Waals surface area contributed by atoms with E-state index in [0.29, 0.717) is 0 Å². The largest absolute Gasteiger partial charge is 0.192 e. The van der Waals surface area contributed by atoms with Gasteiger partial charge < -0.3 is 0 Å². The Kier molecular flexibility index (Phi) is 1.89. The molecule has 2 heteroatoms. The Labute approximate surface area is 109 Å². The van der Waals surface area contributed by atoms with E-state index >= 15 is 0 Å². The molecule has 2 aromatic carbocycles. The Hall–Kier alpha value is -2.11. The van der Waals surface area contributed by atoms with Crippen molar-refractivity contribution < 1.29 is 0 Å². The van der Waals surface area contributed by atoms with Crippen molar-refractivity contribution in [3.8, 4) is 17.2 Å². The summed E-state index contributed by atoms with van der Waals surface area (Å²) in [5, 5.41) is 12.4. The molecule has 0 atom stereocenters. The van der Waals surface area contributed by atoms with E-state index in [2.05, 4.69) is 42.5 Å². The molecule has 1 aliphatic carbocycles. The molecule has 3 aromatic rings. The van der Waals surface area contributed by atoms with Crippen molar-refractivity contribution in [1.82, 2.24) is 0 Å². The number of rotatable bonds is 0. The molecular formula is C16H9NS. The van der Waals surface area contributed by atoms with Crippen molar-refractivity contribution in [1.29, 1.82) is 5.26 Å². The first-order valence-corrected chi connectivity index (χ1v) is 6.78. The average molecular weight is 247 g/mol. The van der Waals surface area contributed by atoms with Gasteiger partial charge in [0.25, 0.3) is 0 Å². The summed E-state index contributed by atoms with van der Waals surface area (Å²) in [7, 11) is 0. The molecule has 0 spiro atoms. The Balaban J connectivity index is 2.20. The third-order valence-corrected chi connectivity index (χ3v) is 4.56. The normalized spacial score (nSPS) is 12.2. The highest BCUT2D eigenvalue weighted by atomic mass is 32.1. The van der Waals surface area contributed by atoms with E-state index in [9.17, 15) is 5.26 Å². The molecule has 0 N–H and O–H groups in total. The van der Waals surface area contributed by atoms with Crippen LogP contribution in [0, 0.1) is 11.3 Å². The van der Waals surface area contributed by atoms with Crippen LogP contribution in [0.3, 0.4) is 0 Å². The molecule has 0 radical (unpaired) electrons. The van der Waals surface area contributed by atoms with Gasteiger partial charge in [-0.3, -0.25) is 0 Å². The number of hydrogen-bond acceptors (Lipinski definition) is 2. The quantitative estimate of drug-likeness (QED) is 0.453. The van der Waals surface area contributed by atoms with E-state index in [-0.39, 0.29) is 0 Å². The summed E-state index contributed by atoms with van der Waals surface area (Å²) < 4.78 is 1.21. The molecule has 0 saturated carbocycles. The second-order valence-electron chi connectivity index (χ2n) is 4.57. The molecule has 1 nitrogen and oxygen atoms in total. The fourth-order valence-corrected chi connectivity index (χ4v) is 3.73. The SMILES string of the molecule is N#Cc1csc2ccc3c(c12)-c1ccccc1C3. The molecule has 0 bridgehead atoms. The third-order valence-electron chi connectivity index (χ3n) is 3.61. The molecule has 0 fully saturated rings. The predicted octanol–water partition coefficient (Wildman–Crippen LogP) is 4.34. The summed E-state index contributed by atoms with van der Waals surface area (Å²) in [5.41, 5.74) is 6.10.